The van der Waals surface area contributed by atoms with Crippen molar-refractivity contribution < 1.29 is 38.4 Å². The molecule has 3 N–H and O–H groups in total. The van der Waals surface area contributed by atoms with Gasteiger partial charge in [-0.1, -0.05) is 60.7 Å². The topological polar surface area (TPSA) is 127 Å². The van der Waals surface area contributed by atoms with Crippen molar-refractivity contribution >= 4 is 22.8 Å². The van der Waals surface area contributed by atoms with E-state index in [1.165, 1.54) is 7.11 Å². The van der Waals surface area contributed by atoms with Crippen LogP contribution in [0.5, 0.6) is 5.75 Å². The predicted molar refractivity (Wildman–Crippen MR) is 158 cm³/mol. The number of benzene rings is 3. The van der Waals surface area contributed by atoms with Crippen molar-refractivity contribution in [1.29, 1.82) is 0 Å². The number of carbonyl (C=O) groups is 2. The third kappa shape index (κ3) is 8.42. The van der Waals surface area contributed by atoms with E-state index in [1.54, 1.807) is 6.07 Å². The van der Waals surface area contributed by atoms with Crippen LogP contribution in [0, 0.1) is 0 Å². The maximum atomic E-state index is 13.3. The number of esters is 1. The Balaban J connectivity index is 1.54. The van der Waals surface area contributed by atoms with Crippen LogP contribution in [-0.4, -0.2) is 68.3 Å². The molecular formula is C33H37NO8. The number of hydrogen-bond donors (Lipinski definition) is 3. The molecule has 3 aromatic carbocycles. The standard InChI is InChI=1S/C33H37NO8/c1-39-29-21-25(12-13-30(37)34-26(22-36)18-23-8-4-2-5-9-23)19-27-31(33(38)41-17-16-40-15-14-35)28(42-32(27)29)20-24-10-6-3-7-11-24/h2-11,19,21,26,35-36H,12-18,20,22H2,1H3,(H,34,37)/t26-/m0/s1. The smallest absolute Gasteiger partial charge is 0.342 e. The summed E-state index contributed by atoms with van der Waals surface area (Å²) in [5.41, 5.74) is 3.48. The molecule has 222 valence electrons. The van der Waals surface area contributed by atoms with Crippen LogP contribution >= 0.6 is 0 Å². The van der Waals surface area contributed by atoms with Gasteiger partial charge in [-0.05, 0) is 41.7 Å². The Morgan fingerprint density at radius 3 is 2.29 bits per heavy atom. The van der Waals surface area contributed by atoms with Crippen LogP contribution in [0.2, 0.25) is 0 Å². The summed E-state index contributed by atoms with van der Waals surface area (Å²) in [4.78, 5) is 26.1. The highest BCUT2D eigenvalue weighted by atomic mass is 16.6. The highest BCUT2D eigenvalue weighted by molar-refractivity contribution is 6.06. The van der Waals surface area contributed by atoms with E-state index in [9.17, 15) is 14.7 Å². The lowest BCUT2D eigenvalue weighted by Crippen LogP contribution is -2.39. The van der Waals surface area contributed by atoms with Gasteiger partial charge in [0, 0.05) is 18.2 Å². The van der Waals surface area contributed by atoms with Crippen molar-refractivity contribution in [1.82, 2.24) is 5.32 Å². The Hall–Kier alpha value is -4.18. The quantitative estimate of drug-likeness (QED) is 0.136. The second kappa shape index (κ2) is 15.7. The third-order valence-electron chi connectivity index (χ3n) is 6.77. The summed E-state index contributed by atoms with van der Waals surface area (Å²) in [7, 11) is 1.52. The minimum Gasteiger partial charge on any atom is -0.493 e. The summed E-state index contributed by atoms with van der Waals surface area (Å²) in [5.74, 6) is 0.136. The first-order valence-electron chi connectivity index (χ1n) is 14.0. The van der Waals surface area contributed by atoms with Gasteiger partial charge in [0.05, 0.1) is 39.6 Å². The molecule has 0 aliphatic carbocycles. The molecule has 0 saturated carbocycles. The van der Waals surface area contributed by atoms with Crippen molar-refractivity contribution in [3.05, 3.63) is 101 Å². The first kappa shape index (κ1) is 30.8. The number of furan rings is 1. The number of aryl methyl sites for hydroxylation is 1. The summed E-state index contributed by atoms with van der Waals surface area (Å²) in [6.45, 7) is 0.0397. The first-order chi connectivity index (χ1) is 20.5. The fraction of sp³-hybridized carbons (Fsp3) is 0.333. The van der Waals surface area contributed by atoms with E-state index in [-0.39, 0.29) is 45.4 Å². The average molecular weight is 576 g/mol. The number of amides is 1. The van der Waals surface area contributed by atoms with Crippen LogP contribution in [0.3, 0.4) is 0 Å². The molecule has 9 heteroatoms. The van der Waals surface area contributed by atoms with Gasteiger partial charge < -0.3 is 34.2 Å². The molecule has 1 heterocycles. The molecule has 0 bridgehead atoms. The molecule has 4 aromatic rings. The van der Waals surface area contributed by atoms with Gasteiger partial charge in [0.2, 0.25) is 5.91 Å². The highest BCUT2D eigenvalue weighted by Crippen LogP contribution is 2.36. The molecule has 0 spiro atoms. The monoisotopic (exact) mass is 575 g/mol. The number of aliphatic hydroxyl groups is 2. The Bertz CT molecular complexity index is 1430. The zero-order valence-electron chi connectivity index (χ0n) is 23.7. The molecule has 4 rings (SSSR count). The Kier molecular flexibility index (Phi) is 11.5. The molecule has 1 amide bonds. The molecule has 0 fully saturated rings. The van der Waals surface area contributed by atoms with E-state index >= 15 is 0 Å². The second-order valence-electron chi connectivity index (χ2n) is 9.85. The van der Waals surface area contributed by atoms with Gasteiger partial charge in [0.15, 0.2) is 11.3 Å². The van der Waals surface area contributed by atoms with Crippen LogP contribution in [-0.2, 0) is 33.5 Å². The Morgan fingerprint density at radius 2 is 1.62 bits per heavy atom. The zero-order chi connectivity index (χ0) is 29.7. The van der Waals surface area contributed by atoms with Crippen LogP contribution < -0.4 is 10.1 Å². The largest absolute Gasteiger partial charge is 0.493 e. The van der Waals surface area contributed by atoms with Crippen molar-refractivity contribution in [2.45, 2.75) is 31.7 Å². The van der Waals surface area contributed by atoms with Crippen LogP contribution in [0.1, 0.15) is 39.2 Å². The number of aliphatic hydroxyl groups excluding tert-OH is 2. The molecule has 0 aliphatic heterocycles. The molecule has 0 aliphatic rings. The first-order valence-corrected chi connectivity index (χ1v) is 14.0. The molecule has 1 atom stereocenters. The van der Waals surface area contributed by atoms with Crippen molar-refractivity contribution in [2.24, 2.45) is 0 Å². The van der Waals surface area contributed by atoms with Gasteiger partial charge in [-0.3, -0.25) is 4.79 Å². The zero-order valence-corrected chi connectivity index (χ0v) is 23.7. The Morgan fingerprint density at radius 1 is 0.905 bits per heavy atom. The van der Waals surface area contributed by atoms with E-state index in [0.29, 0.717) is 47.3 Å². The summed E-state index contributed by atoms with van der Waals surface area (Å²) in [6.07, 6.45) is 1.45. The lowest BCUT2D eigenvalue weighted by molar-refractivity contribution is -0.122. The molecule has 9 nitrogen and oxygen atoms in total. The summed E-state index contributed by atoms with van der Waals surface area (Å²) in [5, 5.41) is 22.1. The maximum absolute atomic E-state index is 13.3. The average Bonchev–Trinajstić information content (AvgIpc) is 3.37. The van der Waals surface area contributed by atoms with Gasteiger partial charge in [0.25, 0.3) is 0 Å². The van der Waals surface area contributed by atoms with Gasteiger partial charge >= 0.3 is 5.97 Å². The third-order valence-corrected chi connectivity index (χ3v) is 6.77. The molecular weight excluding hydrogens is 538 g/mol. The number of ether oxygens (including phenoxy) is 3. The summed E-state index contributed by atoms with van der Waals surface area (Å²) in [6, 6.07) is 22.6. The second-order valence-corrected chi connectivity index (χ2v) is 9.85. The molecule has 1 aromatic heterocycles. The fourth-order valence-corrected chi connectivity index (χ4v) is 4.75. The highest BCUT2D eigenvalue weighted by Gasteiger charge is 2.25. The van der Waals surface area contributed by atoms with Crippen molar-refractivity contribution in [3.8, 4) is 5.75 Å². The van der Waals surface area contributed by atoms with Crippen molar-refractivity contribution in [3.63, 3.8) is 0 Å². The van der Waals surface area contributed by atoms with Crippen LogP contribution in [0.15, 0.2) is 77.2 Å². The fourth-order valence-electron chi connectivity index (χ4n) is 4.75. The van der Waals surface area contributed by atoms with E-state index in [0.717, 1.165) is 16.7 Å². The number of fused-ring (bicyclic) bond motifs is 1. The molecule has 0 unspecified atom stereocenters. The van der Waals surface area contributed by atoms with E-state index in [1.807, 2.05) is 66.7 Å². The van der Waals surface area contributed by atoms with E-state index in [4.69, 9.17) is 23.7 Å². The van der Waals surface area contributed by atoms with Crippen LogP contribution in [0.4, 0.5) is 0 Å². The van der Waals surface area contributed by atoms with Gasteiger partial charge in [0.1, 0.15) is 17.9 Å². The molecule has 42 heavy (non-hydrogen) atoms. The number of hydrogen-bond acceptors (Lipinski definition) is 8. The number of carbonyl (C=O) groups excluding carboxylic acids is 2. The van der Waals surface area contributed by atoms with Gasteiger partial charge in [-0.2, -0.15) is 0 Å². The minimum absolute atomic E-state index is 0.0162. The number of nitrogens with one attached hydrogen (secondary N) is 1. The van der Waals surface area contributed by atoms with E-state index < -0.39 is 12.0 Å². The minimum atomic E-state index is -0.559. The number of rotatable bonds is 16. The lowest BCUT2D eigenvalue weighted by atomic mass is 10.0. The molecule has 0 radical (unpaired) electrons. The van der Waals surface area contributed by atoms with E-state index in [2.05, 4.69) is 5.32 Å². The predicted octanol–water partition coefficient (Wildman–Crippen LogP) is 3.85. The SMILES string of the molecule is COc1cc(CCC(=O)N[C@H](CO)Cc2ccccc2)cc2c(C(=O)OCCOCCO)c(Cc3ccccc3)oc12. The van der Waals surface area contributed by atoms with Gasteiger partial charge in [-0.25, -0.2) is 4.79 Å². The Labute approximate surface area is 245 Å². The molecule has 0 saturated heterocycles. The van der Waals surface area contributed by atoms with Crippen LogP contribution in [0.25, 0.3) is 11.0 Å². The maximum Gasteiger partial charge on any atom is 0.342 e. The normalized spacial score (nSPS) is 11.8. The summed E-state index contributed by atoms with van der Waals surface area (Å²) < 4.78 is 22.5. The van der Waals surface area contributed by atoms with Gasteiger partial charge in [-0.15, -0.1) is 0 Å². The number of methoxy groups -OCH3 is 1. The lowest BCUT2D eigenvalue weighted by Gasteiger charge is -2.16. The summed E-state index contributed by atoms with van der Waals surface area (Å²) >= 11 is 0. The van der Waals surface area contributed by atoms with Crippen molar-refractivity contribution in [2.75, 3.05) is 40.1 Å².